The Balaban J connectivity index is 0.000000387. The number of carbonyl (C=O) groups excluding carboxylic acids is 1. The third-order valence-corrected chi connectivity index (χ3v) is 4.56. The zero-order valence-electron chi connectivity index (χ0n) is 18.0. The minimum absolute atomic E-state index is 0.0325. The van der Waals surface area contributed by atoms with Crippen LogP contribution in [0.5, 0.6) is 5.75 Å². The van der Waals surface area contributed by atoms with E-state index in [2.05, 4.69) is 5.32 Å². The van der Waals surface area contributed by atoms with Crippen LogP contribution in [0.1, 0.15) is 27.0 Å². The van der Waals surface area contributed by atoms with Crippen LogP contribution in [0.4, 0.5) is 5.69 Å². The van der Waals surface area contributed by atoms with E-state index < -0.39 is 28.3 Å². The third kappa shape index (κ3) is 6.23. The zero-order chi connectivity index (χ0) is 25.6. The van der Waals surface area contributed by atoms with Gasteiger partial charge in [0, 0.05) is 28.6 Å². The second kappa shape index (κ2) is 10.8. The van der Waals surface area contributed by atoms with E-state index in [0.717, 1.165) is 0 Å². The predicted molar refractivity (Wildman–Crippen MR) is 118 cm³/mol. The molecule has 0 aliphatic carbocycles. The van der Waals surface area contributed by atoms with E-state index in [1.54, 1.807) is 19.9 Å². The number of ketones is 1. The van der Waals surface area contributed by atoms with Gasteiger partial charge in [0.1, 0.15) is 16.9 Å². The molecule has 0 saturated carbocycles. The summed E-state index contributed by atoms with van der Waals surface area (Å²) in [6, 6.07) is 8.00. The highest BCUT2D eigenvalue weighted by atomic mass is 16.6. The van der Waals surface area contributed by atoms with E-state index in [1.165, 1.54) is 30.3 Å². The van der Waals surface area contributed by atoms with Crippen molar-refractivity contribution in [3.63, 3.8) is 0 Å². The first-order chi connectivity index (χ1) is 15.9. The molecule has 178 valence electrons. The predicted octanol–water partition coefficient (Wildman–Crippen LogP) is 2.00. The van der Waals surface area contributed by atoms with Gasteiger partial charge in [0.2, 0.25) is 0 Å². The maximum Gasteiger partial charge on any atom is 0.347 e. The monoisotopic (exact) mass is 472 g/mol. The Labute approximate surface area is 191 Å². The summed E-state index contributed by atoms with van der Waals surface area (Å²) in [4.78, 5) is 54.3. The first-order valence-electron chi connectivity index (χ1n) is 9.62. The SMILES string of the molecule is Cc1cc2cc(C(=O)c3ccc([N+](=O)[O-])cc3)c(=O)oc2c(C)c1O.O=C(O)CNCC(=O)O. The lowest BCUT2D eigenvalue weighted by Crippen LogP contribution is -2.27. The number of nitrogens with zero attached hydrogens (tertiary/aromatic N) is 1. The Morgan fingerprint density at radius 2 is 1.59 bits per heavy atom. The van der Waals surface area contributed by atoms with Crippen LogP contribution in [-0.2, 0) is 9.59 Å². The van der Waals surface area contributed by atoms with Gasteiger partial charge in [-0.05, 0) is 43.7 Å². The number of carboxylic acids is 2. The molecule has 3 rings (SSSR count). The number of aromatic hydroxyl groups is 1. The largest absolute Gasteiger partial charge is 0.507 e. The zero-order valence-corrected chi connectivity index (χ0v) is 18.0. The number of aliphatic carboxylic acids is 2. The van der Waals surface area contributed by atoms with Crippen LogP contribution >= 0.6 is 0 Å². The Morgan fingerprint density at radius 1 is 1.03 bits per heavy atom. The second-order valence-electron chi connectivity index (χ2n) is 7.06. The number of carbonyl (C=O) groups is 3. The molecule has 3 aromatic rings. The van der Waals surface area contributed by atoms with Crippen molar-refractivity contribution in [3.8, 4) is 5.75 Å². The summed E-state index contributed by atoms with van der Waals surface area (Å²) in [6.07, 6.45) is 0. The van der Waals surface area contributed by atoms with Gasteiger partial charge in [-0.2, -0.15) is 0 Å². The smallest absolute Gasteiger partial charge is 0.347 e. The molecule has 12 heteroatoms. The molecule has 0 unspecified atom stereocenters. The van der Waals surface area contributed by atoms with E-state index in [0.29, 0.717) is 16.5 Å². The molecule has 12 nitrogen and oxygen atoms in total. The number of aryl methyl sites for hydroxylation is 2. The summed E-state index contributed by atoms with van der Waals surface area (Å²) in [6.45, 7) is 2.69. The lowest BCUT2D eigenvalue weighted by Gasteiger charge is -2.08. The number of benzene rings is 2. The number of phenolic OH excluding ortho intramolecular Hbond substituents is 1. The topological polar surface area (TPSA) is 197 Å². The average Bonchev–Trinajstić information content (AvgIpc) is 2.77. The maximum absolute atomic E-state index is 12.5. The summed E-state index contributed by atoms with van der Waals surface area (Å²) in [5.74, 6) is -2.67. The Kier molecular flexibility index (Phi) is 8.18. The summed E-state index contributed by atoms with van der Waals surface area (Å²) in [7, 11) is 0. The quantitative estimate of drug-likeness (QED) is 0.170. The number of fused-ring (bicyclic) bond motifs is 1. The molecule has 1 aromatic heterocycles. The lowest BCUT2D eigenvalue weighted by atomic mass is 10.0. The minimum Gasteiger partial charge on any atom is -0.507 e. The molecule has 0 atom stereocenters. The summed E-state index contributed by atoms with van der Waals surface area (Å²) in [5.41, 5.74) is 0.212. The number of hydrogen-bond acceptors (Lipinski definition) is 9. The molecule has 0 bridgehead atoms. The first kappa shape index (κ1) is 25.7. The van der Waals surface area contributed by atoms with Crippen LogP contribution in [0.25, 0.3) is 11.0 Å². The standard InChI is InChI=1S/C18H13NO6.C4H7NO4/c1-9-7-12-8-14(18(22)25-17(12)10(2)15(9)20)16(21)11-3-5-13(6-4-11)19(23)24;6-3(7)1-5-2-4(8)9/h3-8,20H,1-2H3;5H,1-2H2,(H,6,7)(H,8,9). The Morgan fingerprint density at radius 3 is 2.09 bits per heavy atom. The van der Waals surface area contributed by atoms with Crippen molar-refractivity contribution in [2.75, 3.05) is 13.1 Å². The molecule has 0 amide bonds. The van der Waals surface area contributed by atoms with E-state index in [-0.39, 0.29) is 41.2 Å². The molecule has 1 heterocycles. The van der Waals surface area contributed by atoms with Crippen LogP contribution in [-0.4, -0.2) is 51.1 Å². The van der Waals surface area contributed by atoms with Gasteiger partial charge in [0.05, 0.1) is 18.0 Å². The van der Waals surface area contributed by atoms with Gasteiger partial charge in [-0.15, -0.1) is 0 Å². The van der Waals surface area contributed by atoms with Crippen LogP contribution < -0.4 is 10.9 Å². The second-order valence-corrected chi connectivity index (χ2v) is 7.06. The number of hydrogen-bond donors (Lipinski definition) is 4. The van der Waals surface area contributed by atoms with Gasteiger partial charge in [0.15, 0.2) is 5.78 Å². The Hall–Kier alpha value is -4.58. The Bertz CT molecular complexity index is 1310. The van der Waals surface area contributed by atoms with Crippen molar-refractivity contribution in [1.82, 2.24) is 5.32 Å². The van der Waals surface area contributed by atoms with Crippen molar-refractivity contribution in [2.45, 2.75) is 13.8 Å². The van der Waals surface area contributed by atoms with Crippen molar-refractivity contribution < 1.29 is 39.0 Å². The third-order valence-electron chi connectivity index (χ3n) is 4.56. The van der Waals surface area contributed by atoms with Gasteiger partial charge >= 0.3 is 17.6 Å². The number of nitro groups is 1. The molecule has 2 aromatic carbocycles. The maximum atomic E-state index is 12.5. The normalized spacial score (nSPS) is 10.3. The van der Waals surface area contributed by atoms with Crippen LogP contribution in [0.3, 0.4) is 0 Å². The highest BCUT2D eigenvalue weighted by molar-refractivity contribution is 6.10. The fourth-order valence-corrected chi connectivity index (χ4v) is 2.92. The van der Waals surface area contributed by atoms with Crippen molar-refractivity contribution in [3.05, 3.63) is 79.2 Å². The van der Waals surface area contributed by atoms with Gasteiger partial charge in [-0.1, -0.05) is 0 Å². The molecular formula is C22H20N2O10. The molecule has 0 aliphatic rings. The van der Waals surface area contributed by atoms with Crippen LogP contribution in [0, 0.1) is 24.0 Å². The molecule has 34 heavy (non-hydrogen) atoms. The van der Waals surface area contributed by atoms with E-state index in [1.807, 2.05) is 0 Å². The van der Waals surface area contributed by atoms with Crippen molar-refractivity contribution in [1.29, 1.82) is 0 Å². The lowest BCUT2D eigenvalue weighted by molar-refractivity contribution is -0.384. The number of nitrogens with one attached hydrogen (secondary N) is 1. The summed E-state index contributed by atoms with van der Waals surface area (Å²) in [5, 5.41) is 39.3. The molecule has 4 N–H and O–H groups in total. The summed E-state index contributed by atoms with van der Waals surface area (Å²) < 4.78 is 5.22. The molecule has 0 saturated heterocycles. The van der Waals surface area contributed by atoms with Crippen molar-refractivity contribution >= 4 is 34.4 Å². The van der Waals surface area contributed by atoms with Crippen LogP contribution in [0.2, 0.25) is 0 Å². The van der Waals surface area contributed by atoms with Crippen LogP contribution in [0.15, 0.2) is 45.6 Å². The number of nitro benzene ring substituents is 1. The van der Waals surface area contributed by atoms with Gasteiger partial charge < -0.3 is 19.7 Å². The number of non-ortho nitro benzene ring substituents is 1. The van der Waals surface area contributed by atoms with E-state index in [4.69, 9.17) is 14.6 Å². The molecule has 0 aliphatic heterocycles. The highest BCUT2D eigenvalue weighted by Crippen LogP contribution is 2.30. The number of carboxylic acid groups (broad SMARTS) is 2. The summed E-state index contributed by atoms with van der Waals surface area (Å²) >= 11 is 0. The van der Waals surface area contributed by atoms with Gasteiger partial charge in [-0.3, -0.25) is 29.8 Å². The number of phenols is 1. The van der Waals surface area contributed by atoms with E-state index >= 15 is 0 Å². The van der Waals surface area contributed by atoms with E-state index in [9.17, 15) is 34.4 Å². The molecule has 0 fully saturated rings. The fraction of sp³-hybridized carbons (Fsp3) is 0.182. The highest BCUT2D eigenvalue weighted by Gasteiger charge is 2.19. The first-order valence-corrected chi connectivity index (χ1v) is 9.62. The van der Waals surface area contributed by atoms with Crippen molar-refractivity contribution in [2.24, 2.45) is 0 Å². The molecule has 0 spiro atoms. The fourth-order valence-electron chi connectivity index (χ4n) is 2.92. The number of rotatable bonds is 7. The average molecular weight is 472 g/mol. The van der Waals surface area contributed by atoms with Gasteiger partial charge in [-0.25, -0.2) is 4.79 Å². The molecular weight excluding hydrogens is 452 g/mol. The minimum atomic E-state index is -1.06. The van der Waals surface area contributed by atoms with Gasteiger partial charge in [0.25, 0.3) is 5.69 Å². The molecule has 0 radical (unpaired) electrons.